The van der Waals surface area contributed by atoms with Crippen LogP contribution in [0.4, 0.5) is 0 Å². The molecule has 1 rings (SSSR count). The van der Waals surface area contributed by atoms with E-state index in [4.69, 9.17) is 4.74 Å². The molecule has 2 atom stereocenters. The minimum absolute atomic E-state index is 0.417. The highest BCUT2D eigenvalue weighted by atomic mass is 28.3. The normalized spacial score (nSPS) is 32.2. The summed E-state index contributed by atoms with van der Waals surface area (Å²) in [5.74, 6) is 0. The van der Waals surface area contributed by atoms with Gasteiger partial charge in [-0.25, -0.2) is 0 Å². The van der Waals surface area contributed by atoms with Gasteiger partial charge >= 0.3 is 0 Å². The van der Waals surface area contributed by atoms with Crippen molar-refractivity contribution in [3.8, 4) is 0 Å². The number of nitrogens with one attached hydrogen (secondary N) is 1. The molecule has 0 spiro atoms. The predicted octanol–water partition coefficient (Wildman–Crippen LogP) is 2.73. The van der Waals surface area contributed by atoms with Gasteiger partial charge in [-0.15, -0.1) is 0 Å². The molecule has 1 saturated heterocycles. The smallest absolute Gasteiger partial charge is 0.0613 e. The number of hydrogen-bond acceptors (Lipinski definition) is 2. The van der Waals surface area contributed by atoms with E-state index in [-0.39, 0.29) is 0 Å². The summed E-state index contributed by atoms with van der Waals surface area (Å²) >= 11 is 0. The second kappa shape index (κ2) is 4.98. The van der Waals surface area contributed by atoms with Gasteiger partial charge in [0.1, 0.15) is 0 Å². The van der Waals surface area contributed by atoms with E-state index in [1.54, 1.807) is 0 Å². The second-order valence-electron chi connectivity index (χ2n) is 6.14. The molecule has 0 aromatic heterocycles. The van der Waals surface area contributed by atoms with Gasteiger partial charge in [-0.3, -0.25) is 0 Å². The first-order valence-electron chi connectivity index (χ1n) is 6.22. The topological polar surface area (TPSA) is 21.3 Å². The van der Waals surface area contributed by atoms with Crippen molar-refractivity contribution in [2.24, 2.45) is 5.41 Å². The minimum Gasteiger partial charge on any atom is -0.378 e. The third-order valence-corrected chi connectivity index (χ3v) is 5.20. The van der Waals surface area contributed by atoms with E-state index >= 15 is 0 Å². The molecule has 1 aliphatic rings. The van der Waals surface area contributed by atoms with Crippen LogP contribution in [0.5, 0.6) is 0 Å². The van der Waals surface area contributed by atoms with Crippen molar-refractivity contribution < 1.29 is 4.74 Å². The summed E-state index contributed by atoms with van der Waals surface area (Å²) < 4.78 is 5.79. The third kappa shape index (κ3) is 3.57. The maximum absolute atomic E-state index is 5.79. The molecule has 2 nitrogen and oxygen atoms in total. The quantitative estimate of drug-likeness (QED) is 0.732. The Kier molecular flexibility index (Phi) is 4.38. The molecular weight excluding hydrogens is 202 g/mol. The maximum atomic E-state index is 5.79. The zero-order valence-corrected chi connectivity index (χ0v) is 12.0. The van der Waals surface area contributed by atoms with Crippen LogP contribution in [-0.2, 0) is 4.74 Å². The lowest BCUT2D eigenvalue weighted by molar-refractivity contribution is 0.0713. The third-order valence-electron chi connectivity index (χ3n) is 3.44. The molecule has 15 heavy (non-hydrogen) atoms. The van der Waals surface area contributed by atoms with Gasteiger partial charge in [-0.2, -0.15) is 0 Å². The summed E-state index contributed by atoms with van der Waals surface area (Å²) in [6.07, 6.45) is 1.68. The average molecular weight is 229 g/mol. The number of ether oxygens (including phenoxy) is 1. The van der Waals surface area contributed by atoms with Gasteiger partial charge < -0.3 is 10.1 Å². The van der Waals surface area contributed by atoms with E-state index in [1.807, 2.05) is 0 Å². The Morgan fingerprint density at radius 1 is 1.40 bits per heavy atom. The van der Waals surface area contributed by atoms with E-state index in [2.05, 4.69) is 38.8 Å². The van der Waals surface area contributed by atoms with Gasteiger partial charge in [-0.05, 0) is 25.9 Å². The summed E-state index contributed by atoms with van der Waals surface area (Å²) in [5.41, 5.74) is 0.417. The Morgan fingerprint density at radius 2 is 2.07 bits per heavy atom. The van der Waals surface area contributed by atoms with E-state index in [0.29, 0.717) is 11.5 Å². The summed E-state index contributed by atoms with van der Waals surface area (Å²) in [6.45, 7) is 15.0. The molecular formula is C12H27NOSi. The molecule has 1 heterocycles. The van der Waals surface area contributed by atoms with Gasteiger partial charge in [0.2, 0.25) is 0 Å². The van der Waals surface area contributed by atoms with Crippen molar-refractivity contribution in [2.45, 2.75) is 52.1 Å². The first-order chi connectivity index (χ1) is 6.90. The van der Waals surface area contributed by atoms with Crippen molar-refractivity contribution in [3.05, 3.63) is 0 Å². The summed E-state index contributed by atoms with van der Waals surface area (Å²) in [6, 6.07) is 1.38. The molecule has 90 valence electrons. The molecule has 3 heteroatoms. The molecule has 0 saturated carbocycles. The van der Waals surface area contributed by atoms with Crippen molar-refractivity contribution in [2.75, 3.05) is 19.7 Å². The van der Waals surface area contributed by atoms with Crippen LogP contribution >= 0.6 is 0 Å². The minimum atomic E-state index is -1.01. The highest BCUT2D eigenvalue weighted by Crippen LogP contribution is 2.41. The van der Waals surface area contributed by atoms with E-state index in [1.165, 1.54) is 12.5 Å². The molecule has 0 aromatic carbocycles. The SMILES string of the molecule is CCNCC1(C[Si](C)(C)C)CCOC1C. The number of rotatable bonds is 5. The average Bonchev–Trinajstić information content (AvgIpc) is 2.42. The Labute approximate surface area is 95.8 Å². The van der Waals surface area contributed by atoms with E-state index < -0.39 is 8.07 Å². The van der Waals surface area contributed by atoms with Gasteiger partial charge in [0.15, 0.2) is 0 Å². The molecule has 2 unspecified atom stereocenters. The Bertz CT molecular complexity index is 202. The lowest BCUT2D eigenvalue weighted by Gasteiger charge is -2.37. The molecule has 0 amide bonds. The van der Waals surface area contributed by atoms with Crippen LogP contribution < -0.4 is 5.32 Å². The standard InChI is InChI=1S/C12H27NOSi/c1-6-13-9-12(10-15(3,4)5)7-8-14-11(12)2/h11,13H,6-10H2,1-5H3. The zero-order chi connectivity index (χ0) is 11.5. The fourth-order valence-electron chi connectivity index (χ4n) is 2.78. The predicted molar refractivity (Wildman–Crippen MR) is 69.2 cm³/mol. The van der Waals surface area contributed by atoms with Crippen LogP contribution in [0, 0.1) is 5.41 Å². The fraction of sp³-hybridized carbons (Fsp3) is 1.00. The molecule has 0 aromatic rings. The van der Waals surface area contributed by atoms with Gasteiger partial charge in [0.05, 0.1) is 6.10 Å². The molecule has 0 radical (unpaired) electrons. The van der Waals surface area contributed by atoms with E-state index in [9.17, 15) is 0 Å². The van der Waals surface area contributed by atoms with Crippen LogP contribution in [0.3, 0.4) is 0 Å². The lowest BCUT2D eigenvalue weighted by atomic mass is 9.83. The monoisotopic (exact) mass is 229 g/mol. The number of hydrogen-bond donors (Lipinski definition) is 1. The van der Waals surface area contributed by atoms with Crippen LogP contribution in [0.15, 0.2) is 0 Å². The van der Waals surface area contributed by atoms with Gasteiger partial charge in [-0.1, -0.05) is 26.6 Å². The first-order valence-corrected chi connectivity index (χ1v) is 9.93. The maximum Gasteiger partial charge on any atom is 0.0613 e. The van der Waals surface area contributed by atoms with Crippen LogP contribution in [0.2, 0.25) is 25.7 Å². The van der Waals surface area contributed by atoms with Gasteiger partial charge in [0.25, 0.3) is 0 Å². The van der Waals surface area contributed by atoms with Crippen molar-refractivity contribution in [1.29, 1.82) is 0 Å². The van der Waals surface area contributed by atoms with Crippen molar-refractivity contribution in [1.82, 2.24) is 5.32 Å². The van der Waals surface area contributed by atoms with Crippen LogP contribution in [0.25, 0.3) is 0 Å². The van der Waals surface area contributed by atoms with E-state index in [0.717, 1.165) is 19.7 Å². The Balaban J connectivity index is 2.68. The molecule has 1 N–H and O–H groups in total. The summed E-state index contributed by atoms with van der Waals surface area (Å²) in [5, 5.41) is 3.53. The summed E-state index contributed by atoms with van der Waals surface area (Å²) in [4.78, 5) is 0. The zero-order valence-electron chi connectivity index (χ0n) is 11.0. The van der Waals surface area contributed by atoms with Crippen molar-refractivity contribution >= 4 is 8.07 Å². The van der Waals surface area contributed by atoms with Gasteiger partial charge in [0, 0.05) is 26.6 Å². The van der Waals surface area contributed by atoms with Crippen LogP contribution in [0.1, 0.15) is 20.3 Å². The highest BCUT2D eigenvalue weighted by Gasteiger charge is 2.43. The fourth-order valence-corrected chi connectivity index (χ4v) is 5.48. The van der Waals surface area contributed by atoms with Crippen molar-refractivity contribution in [3.63, 3.8) is 0 Å². The second-order valence-corrected chi connectivity index (χ2v) is 11.6. The summed E-state index contributed by atoms with van der Waals surface area (Å²) in [7, 11) is -1.01. The lowest BCUT2D eigenvalue weighted by Crippen LogP contribution is -2.44. The molecule has 1 fully saturated rings. The molecule has 1 aliphatic heterocycles. The first kappa shape index (κ1) is 13.2. The molecule has 0 bridgehead atoms. The Hall–Kier alpha value is 0.137. The molecule has 0 aliphatic carbocycles. The Morgan fingerprint density at radius 3 is 2.47 bits per heavy atom. The van der Waals surface area contributed by atoms with Crippen LogP contribution in [-0.4, -0.2) is 33.9 Å². The largest absolute Gasteiger partial charge is 0.378 e. The highest BCUT2D eigenvalue weighted by molar-refractivity contribution is 6.76.